The quantitative estimate of drug-likeness (QED) is 0.457. The van der Waals surface area contributed by atoms with Crippen molar-refractivity contribution in [3.8, 4) is 0 Å². The van der Waals surface area contributed by atoms with Gasteiger partial charge in [-0.1, -0.05) is 13.0 Å². The van der Waals surface area contributed by atoms with Gasteiger partial charge in [0.15, 0.2) is 0 Å². The zero-order valence-electron chi connectivity index (χ0n) is 10.6. The van der Waals surface area contributed by atoms with Crippen LogP contribution in [0.15, 0.2) is 17.5 Å². The smallest absolute Gasteiger partial charge is 0.237 e. The van der Waals surface area contributed by atoms with Gasteiger partial charge in [0, 0.05) is 23.4 Å². The maximum atomic E-state index is 11.3. The lowest BCUT2D eigenvalue weighted by Gasteiger charge is -2.26. The Bertz CT molecular complexity index is 340. The van der Waals surface area contributed by atoms with Crippen LogP contribution in [0.4, 0.5) is 0 Å². The second kappa shape index (κ2) is 6.74. The minimum atomic E-state index is -0.111. The third-order valence-corrected chi connectivity index (χ3v) is 3.88. The maximum Gasteiger partial charge on any atom is 0.237 e. The highest BCUT2D eigenvalue weighted by Crippen LogP contribution is 2.14. The van der Waals surface area contributed by atoms with Gasteiger partial charge in [-0.05, 0) is 31.8 Å². The fourth-order valence-corrected chi connectivity index (χ4v) is 2.54. The molecule has 0 saturated heterocycles. The monoisotopic (exact) mass is 255 g/mol. The van der Waals surface area contributed by atoms with Crippen molar-refractivity contribution >= 4 is 17.2 Å². The Hall–Kier alpha value is -0.910. The predicted octanol–water partition coefficient (Wildman–Crippen LogP) is 1.24. The van der Waals surface area contributed by atoms with Crippen LogP contribution in [-0.4, -0.2) is 30.4 Å². The molecule has 2 unspecified atom stereocenters. The van der Waals surface area contributed by atoms with Crippen LogP contribution in [0.1, 0.15) is 18.7 Å². The van der Waals surface area contributed by atoms with Crippen molar-refractivity contribution in [3.63, 3.8) is 0 Å². The summed E-state index contributed by atoms with van der Waals surface area (Å²) in [6, 6.07) is 4.63. The molecule has 0 radical (unpaired) electrons. The molecule has 1 aromatic heterocycles. The van der Waals surface area contributed by atoms with Gasteiger partial charge in [-0.3, -0.25) is 10.2 Å². The zero-order chi connectivity index (χ0) is 12.8. The Morgan fingerprint density at radius 1 is 1.59 bits per heavy atom. The molecule has 0 aliphatic rings. The average molecular weight is 255 g/mol. The number of nitrogens with one attached hydrogen (secondary N) is 1. The summed E-state index contributed by atoms with van der Waals surface area (Å²) in [6.45, 7) is 4.78. The highest BCUT2D eigenvalue weighted by atomic mass is 32.1. The Morgan fingerprint density at radius 3 is 2.82 bits per heavy atom. The Morgan fingerprint density at radius 2 is 2.29 bits per heavy atom. The van der Waals surface area contributed by atoms with E-state index in [1.807, 2.05) is 14.0 Å². The molecule has 1 heterocycles. The number of nitrogens with two attached hydrogens (primary N) is 1. The number of rotatable bonds is 6. The summed E-state index contributed by atoms with van der Waals surface area (Å²) in [7, 11) is 2.04. The molecule has 96 valence electrons. The summed E-state index contributed by atoms with van der Waals surface area (Å²) < 4.78 is 0. The molecule has 1 aromatic rings. The number of hydrogen-bond donors (Lipinski definition) is 2. The van der Waals surface area contributed by atoms with Crippen LogP contribution in [0.25, 0.3) is 0 Å². The molecule has 0 saturated carbocycles. The molecule has 4 nitrogen and oxygen atoms in total. The lowest BCUT2D eigenvalue weighted by atomic mass is 10.1. The van der Waals surface area contributed by atoms with Crippen LogP contribution < -0.4 is 11.3 Å². The van der Waals surface area contributed by atoms with Crippen LogP contribution in [0, 0.1) is 5.92 Å². The summed E-state index contributed by atoms with van der Waals surface area (Å²) in [5.41, 5.74) is 2.19. The van der Waals surface area contributed by atoms with E-state index in [1.165, 1.54) is 4.88 Å². The highest BCUT2D eigenvalue weighted by Gasteiger charge is 2.17. The van der Waals surface area contributed by atoms with Crippen LogP contribution in [0.2, 0.25) is 0 Å². The Balaban J connectivity index is 2.41. The van der Waals surface area contributed by atoms with Crippen molar-refractivity contribution in [2.45, 2.75) is 26.3 Å². The van der Waals surface area contributed by atoms with Crippen molar-refractivity contribution in [2.75, 3.05) is 13.6 Å². The molecule has 3 N–H and O–H groups in total. The van der Waals surface area contributed by atoms with Gasteiger partial charge in [-0.15, -0.1) is 11.3 Å². The lowest BCUT2D eigenvalue weighted by Crippen LogP contribution is -2.42. The number of likely N-dealkylation sites (N-methyl/N-ethyl adjacent to an activating group) is 1. The number of carbonyl (C=O) groups is 1. The molecule has 0 aliphatic carbocycles. The fourth-order valence-electron chi connectivity index (χ4n) is 1.71. The highest BCUT2D eigenvalue weighted by molar-refractivity contribution is 7.09. The summed E-state index contributed by atoms with van der Waals surface area (Å²) in [6.07, 6.45) is 1.02. The number of carbonyl (C=O) groups excluding carboxylic acids is 1. The van der Waals surface area contributed by atoms with E-state index in [0.717, 1.165) is 13.0 Å². The second-order valence-electron chi connectivity index (χ2n) is 4.48. The van der Waals surface area contributed by atoms with Gasteiger partial charge >= 0.3 is 0 Å². The minimum absolute atomic E-state index is 0.0872. The van der Waals surface area contributed by atoms with Crippen molar-refractivity contribution in [3.05, 3.63) is 22.4 Å². The van der Waals surface area contributed by atoms with Crippen molar-refractivity contribution in [1.29, 1.82) is 0 Å². The van der Waals surface area contributed by atoms with Crippen LogP contribution in [0.5, 0.6) is 0 Å². The van der Waals surface area contributed by atoms with Crippen LogP contribution in [0.3, 0.4) is 0 Å². The third kappa shape index (κ3) is 4.46. The van der Waals surface area contributed by atoms with E-state index in [0.29, 0.717) is 6.04 Å². The molecule has 5 heteroatoms. The number of hydrogen-bond acceptors (Lipinski definition) is 4. The maximum absolute atomic E-state index is 11.3. The fraction of sp³-hybridized carbons (Fsp3) is 0.583. The Labute approximate surface area is 107 Å². The van der Waals surface area contributed by atoms with Gasteiger partial charge in [-0.2, -0.15) is 0 Å². The van der Waals surface area contributed by atoms with Gasteiger partial charge in [-0.25, -0.2) is 5.84 Å². The molecule has 0 spiro atoms. The van der Waals surface area contributed by atoms with Crippen molar-refractivity contribution in [2.24, 2.45) is 11.8 Å². The molecule has 1 rings (SSSR count). The van der Waals surface area contributed by atoms with E-state index in [-0.39, 0.29) is 11.8 Å². The number of amides is 1. The number of thiophene rings is 1. The van der Waals surface area contributed by atoms with Gasteiger partial charge < -0.3 is 4.90 Å². The van der Waals surface area contributed by atoms with E-state index < -0.39 is 0 Å². The molecule has 0 aliphatic heterocycles. The van der Waals surface area contributed by atoms with E-state index in [1.54, 1.807) is 11.3 Å². The van der Waals surface area contributed by atoms with Gasteiger partial charge in [0.05, 0.1) is 0 Å². The topological polar surface area (TPSA) is 58.4 Å². The average Bonchev–Trinajstić information content (AvgIpc) is 2.80. The molecular weight excluding hydrogens is 234 g/mol. The van der Waals surface area contributed by atoms with Gasteiger partial charge in [0.25, 0.3) is 0 Å². The molecule has 0 aromatic carbocycles. The molecule has 17 heavy (non-hydrogen) atoms. The second-order valence-corrected chi connectivity index (χ2v) is 5.51. The number of hydrazine groups is 1. The normalized spacial score (nSPS) is 14.6. The van der Waals surface area contributed by atoms with Crippen LogP contribution in [-0.2, 0) is 11.2 Å². The van der Waals surface area contributed by atoms with Gasteiger partial charge in [0.2, 0.25) is 5.91 Å². The minimum Gasteiger partial charge on any atom is -0.303 e. The predicted molar refractivity (Wildman–Crippen MR) is 71.6 cm³/mol. The van der Waals surface area contributed by atoms with Gasteiger partial charge in [0.1, 0.15) is 0 Å². The number of nitrogens with zero attached hydrogens (tertiary/aromatic N) is 1. The SMILES string of the molecule is CC(CN(C)C(C)Cc1cccs1)C(=O)NN. The molecular formula is C12H21N3OS. The first-order valence-corrected chi connectivity index (χ1v) is 6.65. The van der Waals surface area contributed by atoms with E-state index >= 15 is 0 Å². The van der Waals surface area contributed by atoms with Crippen molar-refractivity contribution in [1.82, 2.24) is 10.3 Å². The molecule has 2 atom stereocenters. The first-order chi connectivity index (χ1) is 8.04. The lowest BCUT2D eigenvalue weighted by molar-refractivity contribution is -0.125. The molecule has 0 fully saturated rings. The summed E-state index contributed by atoms with van der Waals surface area (Å²) in [5, 5.41) is 2.09. The summed E-state index contributed by atoms with van der Waals surface area (Å²) >= 11 is 1.77. The van der Waals surface area contributed by atoms with E-state index in [4.69, 9.17) is 5.84 Å². The first-order valence-electron chi connectivity index (χ1n) is 5.77. The zero-order valence-corrected chi connectivity index (χ0v) is 11.5. The van der Waals surface area contributed by atoms with E-state index in [2.05, 4.69) is 34.8 Å². The molecule has 1 amide bonds. The standard InChI is InChI=1S/C12H21N3OS/c1-9(12(16)14-13)8-15(3)10(2)7-11-5-4-6-17-11/h4-6,9-10H,7-8,13H2,1-3H3,(H,14,16). The largest absolute Gasteiger partial charge is 0.303 e. The third-order valence-electron chi connectivity index (χ3n) is 2.98. The van der Waals surface area contributed by atoms with Crippen LogP contribution >= 0.6 is 11.3 Å². The summed E-state index contributed by atoms with van der Waals surface area (Å²) in [5.74, 6) is 4.92. The molecule has 0 bridgehead atoms. The summed E-state index contributed by atoms with van der Waals surface area (Å²) in [4.78, 5) is 14.9. The first kappa shape index (κ1) is 14.2. The Kier molecular flexibility index (Phi) is 5.61. The van der Waals surface area contributed by atoms with Crippen molar-refractivity contribution < 1.29 is 4.79 Å². The van der Waals surface area contributed by atoms with E-state index in [9.17, 15) is 4.79 Å².